The fourth-order valence-electron chi connectivity index (χ4n) is 4.85. The van der Waals surface area contributed by atoms with Gasteiger partial charge >= 0.3 is 6.03 Å². The second kappa shape index (κ2) is 12.0. The van der Waals surface area contributed by atoms with E-state index in [1.54, 1.807) is 10.9 Å². The quantitative estimate of drug-likeness (QED) is 0.262. The van der Waals surface area contributed by atoms with Crippen molar-refractivity contribution >= 4 is 43.6 Å². The van der Waals surface area contributed by atoms with Crippen molar-refractivity contribution in [2.45, 2.75) is 25.5 Å². The molecule has 9 nitrogen and oxygen atoms in total. The number of aryl methyl sites for hydroxylation is 1. The SMILES string of the molecule is O=C(NCCc1ccccc1)Nc1nc2cc(-c3ccc4ncn(CCC5CNCCO5)c(=O)c4c3)ccc2s1. The Kier molecular flexibility index (Phi) is 7.80. The summed E-state index contributed by atoms with van der Waals surface area (Å²) < 4.78 is 8.39. The van der Waals surface area contributed by atoms with E-state index >= 15 is 0 Å². The number of morpholine rings is 1. The molecular formula is C30H30N6O3S. The number of thiazole rings is 1. The van der Waals surface area contributed by atoms with Gasteiger partial charge in [-0.1, -0.05) is 53.8 Å². The first-order valence-corrected chi connectivity index (χ1v) is 14.3. The molecule has 3 aromatic carbocycles. The van der Waals surface area contributed by atoms with E-state index in [0.29, 0.717) is 35.7 Å². The molecule has 10 heteroatoms. The molecule has 0 spiro atoms. The van der Waals surface area contributed by atoms with Gasteiger partial charge in [0.05, 0.1) is 40.2 Å². The van der Waals surface area contributed by atoms with Crippen molar-refractivity contribution in [3.05, 3.63) is 89.0 Å². The molecule has 1 fully saturated rings. The van der Waals surface area contributed by atoms with Crippen LogP contribution < -0.4 is 21.5 Å². The van der Waals surface area contributed by atoms with Crippen LogP contribution in [0.15, 0.2) is 77.9 Å². The predicted octanol–water partition coefficient (Wildman–Crippen LogP) is 4.42. The Morgan fingerprint density at radius 2 is 1.93 bits per heavy atom. The third-order valence-corrected chi connectivity index (χ3v) is 7.96. The average Bonchev–Trinajstić information content (AvgIpc) is 3.39. The predicted molar refractivity (Wildman–Crippen MR) is 159 cm³/mol. The molecule has 0 aliphatic carbocycles. The number of rotatable bonds is 8. The van der Waals surface area contributed by atoms with Crippen LogP contribution in [0.1, 0.15) is 12.0 Å². The van der Waals surface area contributed by atoms with E-state index in [1.165, 1.54) is 16.9 Å². The van der Waals surface area contributed by atoms with E-state index in [0.717, 1.165) is 47.3 Å². The smallest absolute Gasteiger partial charge is 0.321 e. The molecule has 1 atom stereocenters. The van der Waals surface area contributed by atoms with Gasteiger partial charge in [-0.3, -0.25) is 14.7 Å². The number of nitrogens with zero attached hydrogens (tertiary/aromatic N) is 3. The lowest BCUT2D eigenvalue weighted by molar-refractivity contribution is 0.0209. The van der Waals surface area contributed by atoms with Gasteiger partial charge < -0.3 is 15.4 Å². The van der Waals surface area contributed by atoms with Crippen LogP contribution in [0.5, 0.6) is 0 Å². The van der Waals surface area contributed by atoms with Gasteiger partial charge in [0.15, 0.2) is 5.13 Å². The van der Waals surface area contributed by atoms with Crippen molar-refractivity contribution < 1.29 is 9.53 Å². The largest absolute Gasteiger partial charge is 0.376 e. The van der Waals surface area contributed by atoms with E-state index in [-0.39, 0.29) is 17.7 Å². The van der Waals surface area contributed by atoms with E-state index in [2.05, 4.69) is 25.9 Å². The maximum atomic E-state index is 13.3. The summed E-state index contributed by atoms with van der Waals surface area (Å²) >= 11 is 1.42. The number of carbonyl (C=O) groups is 1. The summed E-state index contributed by atoms with van der Waals surface area (Å²) in [4.78, 5) is 34.8. The van der Waals surface area contributed by atoms with Crippen molar-refractivity contribution in [1.29, 1.82) is 0 Å². The maximum absolute atomic E-state index is 13.3. The van der Waals surface area contributed by atoms with E-state index in [9.17, 15) is 9.59 Å². The summed E-state index contributed by atoms with van der Waals surface area (Å²) in [6.07, 6.45) is 3.24. The molecule has 0 bridgehead atoms. The Balaban J connectivity index is 1.15. The van der Waals surface area contributed by atoms with E-state index in [1.807, 2.05) is 66.7 Å². The highest BCUT2D eigenvalue weighted by molar-refractivity contribution is 7.22. The van der Waals surface area contributed by atoms with Crippen LogP contribution in [0.3, 0.4) is 0 Å². The Labute approximate surface area is 235 Å². The summed E-state index contributed by atoms with van der Waals surface area (Å²) in [6, 6.07) is 21.5. The van der Waals surface area contributed by atoms with Gasteiger partial charge in [-0.15, -0.1) is 0 Å². The summed E-state index contributed by atoms with van der Waals surface area (Å²) in [5, 5.41) is 10.2. The molecule has 3 N–H and O–H groups in total. The van der Waals surface area contributed by atoms with E-state index < -0.39 is 0 Å². The lowest BCUT2D eigenvalue weighted by Crippen LogP contribution is -2.39. The van der Waals surface area contributed by atoms with Gasteiger partial charge in [-0.2, -0.15) is 0 Å². The third kappa shape index (κ3) is 6.04. The third-order valence-electron chi connectivity index (χ3n) is 7.00. The molecule has 0 saturated carbocycles. The number of urea groups is 1. The molecule has 2 amide bonds. The highest BCUT2D eigenvalue weighted by Gasteiger charge is 2.15. The number of anilines is 1. The standard InChI is InChI=1S/C30H30N6O3S/c37-28-24-16-21(6-8-25(24)33-19-36(28)14-11-23-18-31-13-15-39-23)22-7-9-27-26(17-22)34-30(40-27)35-29(38)32-12-10-20-4-2-1-3-5-20/h1-9,16-17,19,23,31H,10-15,18H2,(H2,32,34,35,38). The molecule has 1 aliphatic heterocycles. The van der Waals surface area contributed by atoms with E-state index in [4.69, 9.17) is 4.74 Å². The second-order valence-corrected chi connectivity index (χ2v) is 10.8. The van der Waals surface area contributed by atoms with Crippen molar-refractivity contribution in [2.24, 2.45) is 0 Å². The zero-order chi connectivity index (χ0) is 27.3. The highest BCUT2D eigenvalue weighted by Crippen LogP contribution is 2.31. The maximum Gasteiger partial charge on any atom is 0.321 e. The van der Waals surface area contributed by atoms with Crippen LogP contribution >= 0.6 is 11.3 Å². The number of carbonyl (C=O) groups excluding carboxylic acids is 1. The molecule has 3 heterocycles. The minimum atomic E-state index is -0.278. The molecule has 6 rings (SSSR count). The van der Waals surface area contributed by atoms with Crippen LogP contribution in [-0.2, 0) is 17.7 Å². The zero-order valence-corrected chi connectivity index (χ0v) is 22.7. The van der Waals surface area contributed by atoms with Crippen LogP contribution in [-0.4, -0.2) is 52.9 Å². The molecule has 1 unspecified atom stereocenters. The molecule has 204 valence electrons. The van der Waals surface area contributed by atoms with Gasteiger partial charge in [-0.25, -0.2) is 14.8 Å². The zero-order valence-electron chi connectivity index (χ0n) is 21.9. The Morgan fingerprint density at radius 3 is 2.77 bits per heavy atom. The first-order chi connectivity index (χ1) is 19.6. The fraction of sp³-hybridized carbons (Fsp3) is 0.267. The van der Waals surface area contributed by atoms with Crippen LogP contribution in [0.4, 0.5) is 9.93 Å². The molecule has 1 aliphatic rings. The van der Waals surface area contributed by atoms with Gasteiger partial charge in [0.2, 0.25) is 0 Å². The fourth-order valence-corrected chi connectivity index (χ4v) is 5.69. The number of nitrogens with one attached hydrogen (secondary N) is 3. The summed E-state index contributed by atoms with van der Waals surface area (Å²) in [7, 11) is 0. The van der Waals surface area contributed by atoms with Crippen molar-refractivity contribution in [2.75, 3.05) is 31.6 Å². The first-order valence-electron chi connectivity index (χ1n) is 13.4. The lowest BCUT2D eigenvalue weighted by Gasteiger charge is -2.23. The summed E-state index contributed by atoms with van der Waals surface area (Å²) in [6.45, 7) is 3.45. The topological polar surface area (TPSA) is 110 Å². The first kappa shape index (κ1) is 26.1. The molecule has 40 heavy (non-hydrogen) atoms. The normalized spacial score (nSPS) is 15.3. The van der Waals surface area contributed by atoms with Crippen LogP contribution in [0.2, 0.25) is 0 Å². The van der Waals surface area contributed by atoms with Gasteiger partial charge in [0.25, 0.3) is 5.56 Å². The molecule has 5 aromatic rings. The summed E-state index contributed by atoms with van der Waals surface area (Å²) in [5.74, 6) is 0. The number of hydrogen-bond donors (Lipinski definition) is 3. The highest BCUT2D eigenvalue weighted by atomic mass is 32.1. The van der Waals surface area contributed by atoms with Gasteiger partial charge in [-0.05, 0) is 53.8 Å². The van der Waals surface area contributed by atoms with Crippen LogP contribution in [0, 0.1) is 0 Å². The number of fused-ring (bicyclic) bond motifs is 2. The Morgan fingerprint density at radius 1 is 1.07 bits per heavy atom. The monoisotopic (exact) mass is 554 g/mol. The molecule has 1 saturated heterocycles. The van der Waals surface area contributed by atoms with Gasteiger partial charge in [0, 0.05) is 26.2 Å². The minimum Gasteiger partial charge on any atom is -0.376 e. The second-order valence-electron chi connectivity index (χ2n) is 9.78. The van der Waals surface area contributed by atoms with Crippen molar-refractivity contribution in [3.8, 4) is 11.1 Å². The Hall–Kier alpha value is -4.12. The average molecular weight is 555 g/mol. The van der Waals surface area contributed by atoms with Crippen molar-refractivity contribution in [3.63, 3.8) is 0 Å². The van der Waals surface area contributed by atoms with Gasteiger partial charge in [0.1, 0.15) is 0 Å². The lowest BCUT2D eigenvalue weighted by atomic mass is 10.0. The Bertz CT molecular complexity index is 1690. The number of ether oxygens (including phenoxy) is 1. The number of benzene rings is 3. The van der Waals surface area contributed by atoms with Crippen molar-refractivity contribution in [1.82, 2.24) is 25.2 Å². The molecule has 2 aromatic heterocycles. The number of aromatic nitrogens is 3. The number of amides is 2. The minimum absolute atomic E-state index is 0.0601. The molecule has 0 radical (unpaired) electrons. The summed E-state index contributed by atoms with van der Waals surface area (Å²) in [5.41, 5.74) is 4.41. The number of hydrogen-bond acceptors (Lipinski definition) is 7. The molecular weight excluding hydrogens is 524 g/mol. The van der Waals surface area contributed by atoms with Crippen LogP contribution in [0.25, 0.3) is 32.2 Å².